The minimum Gasteiger partial charge on any atom is -0.389 e. The Morgan fingerprint density at radius 3 is 2.76 bits per heavy atom. The van der Waals surface area contributed by atoms with Crippen molar-refractivity contribution in [3.05, 3.63) is 46.2 Å². The third-order valence-electron chi connectivity index (χ3n) is 4.38. The summed E-state index contributed by atoms with van der Waals surface area (Å²) in [6, 6.07) is 9.69. The van der Waals surface area contributed by atoms with Crippen molar-refractivity contribution in [2.75, 3.05) is 6.54 Å². The monoisotopic (exact) mass is 286 g/mol. The molecule has 1 fully saturated rings. The van der Waals surface area contributed by atoms with Crippen molar-refractivity contribution >= 4 is 10.9 Å². The molecule has 1 aromatic heterocycles. The highest BCUT2D eigenvalue weighted by atomic mass is 16.3. The second-order valence-electron chi connectivity index (χ2n) is 6.10. The fourth-order valence-corrected chi connectivity index (χ4v) is 3.14. The summed E-state index contributed by atoms with van der Waals surface area (Å²) in [6.45, 7) is 1.04. The molecule has 21 heavy (non-hydrogen) atoms. The first-order valence-electron chi connectivity index (χ1n) is 7.70. The first-order chi connectivity index (χ1) is 10.2. The van der Waals surface area contributed by atoms with Gasteiger partial charge in [0.25, 0.3) is 5.56 Å². The van der Waals surface area contributed by atoms with Gasteiger partial charge in [0.2, 0.25) is 0 Å². The van der Waals surface area contributed by atoms with Gasteiger partial charge in [-0.05, 0) is 30.4 Å². The standard InChI is InChI=1S/C17H22N2O2/c20-16-14(10-13-6-2-3-7-15(13)19-16)11-18-12-17(21)8-4-1-5-9-17/h2-3,6-7,10,18,21H,1,4-5,8-9,11-12H2,(H,19,20). The van der Waals surface area contributed by atoms with Crippen molar-refractivity contribution in [1.29, 1.82) is 0 Å². The van der Waals surface area contributed by atoms with Crippen LogP contribution in [0.4, 0.5) is 0 Å². The van der Waals surface area contributed by atoms with Gasteiger partial charge >= 0.3 is 0 Å². The van der Waals surface area contributed by atoms with E-state index in [2.05, 4.69) is 10.3 Å². The van der Waals surface area contributed by atoms with E-state index < -0.39 is 5.60 Å². The summed E-state index contributed by atoms with van der Waals surface area (Å²) in [6.07, 6.45) is 5.11. The zero-order valence-electron chi connectivity index (χ0n) is 12.2. The number of nitrogens with one attached hydrogen (secondary N) is 2. The molecule has 0 amide bonds. The van der Waals surface area contributed by atoms with E-state index in [0.29, 0.717) is 18.7 Å². The van der Waals surface area contributed by atoms with E-state index in [1.807, 2.05) is 30.3 Å². The van der Waals surface area contributed by atoms with Crippen LogP contribution in [0.5, 0.6) is 0 Å². The van der Waals surface area contributed by atoms with Gasteiger partial charge in [-0.2, -0.15) is 0 Å². The second kappa shape index (κ2) is 6.00. The molecule has 0 unspecified atom stereocenters. The number of benzene rings is 1. The van der Waals surface area contributed by atoms with Crippen LogP contribution in [-0.4, -0.2) is 22.2 Å². The number of hydrogen-bond donors (Lipinski definition) is 3. The number of aromatic amines is 1. The first-order valence-corrected chi connectivity index (χ1v) is 7.70. The van der Waals surface area contributed by atoms with Crippen LogP contribution in [0.2, 0.25) is 0 Å². The van der Waals surface area contributed by atoms with Crippen LogP contribution in [-0.2, 0) is 6.54 Å². The summed E-state index contributed by atoms with van der Waals surface area (Å²) >= 11 is 0. The van der Waals surface area contributed by atoms with Crippen LogP contribution in [0.15, 0.2) is 35.1 Å². The van der Waals surface area contributed by atoms with Gasteiger partial charge in [0.15, 0.2) is 0 Å². The lowest BCUT2D eigenvalue weighted by Crippen LogP contribution is -2.42. The van der Waals surface area contributed by atoms with Crippen molar-refractivity contribution in [3.8, 4) is 0 Å². The van der Waals surface area contributed by atoms with E-state index >= 15 is 0 Å². The molecule has 112 valence electrons. The lowest BCUT2D eigenvalue weighted by Gasteiger charge is -2.32. The van der Waals surface area contributed by atoms with Crippen LogP contribution in [0, 0.1) is 0 Å². The predicted octanol–water partition coefficient (Wildman–Crippen LogP) is 2.31. The molecule has 3 N–H and O–H groups in total. The number of fused-ring (bicyclic) bond motifs is 1. The van der Waals surface area contributed by atoms with Gasteiger partial charge in [-0.15, -0.1) is 0 Å². The van der Waals surface area contributed by atoms with Gasteiger partial charge in [0, 0.05) is 24.2 Å². The maximum Gasteiger partial charge on any atom is 0.252 e. The Morgan fingerprint density at radius 2 is 1.95 bits per heavy atom. The number of hydrogen-bond acceptors (Lipinski definition) is 3. The highest BCUT2D eigenvalue weighted by molar-refractivity contribution is 5.78. The molecular weight excluding hydrogens is 264 g/mol. The molecule has 1 saturated carbocycles. The summed E-state index contributed by atoms with van der Waals surface area (Å²) in [5.41, 5.74) is 0.920. The van der Waals surface area contributed by atoms with E-state index in [9.17, 15) is 9.90 Å². The lowest BCUT2D eigenvalue weighted by atomic mass is 9.85. The molecule has 1 aliphatic rings. The molecule has 3 rings (SSSR count). The molecule has 0 aliphatic heterocycles. The molecule has 4 nitrogen and oxygen atoms in total. The van der Waals surface area contributed by atoms with Crippen LogP contribution in [0.3, 0.4) is 0 Å². The minimum atomic E-state index is -0.595. The number of rotatable bonds is 4. The van der Waals surface area contributed by atoms with Gasteiger partial charge in [-0.25, -0.2) is 0 Å². The number of pyridine rings is 1. The topological polar surface area (TPSA) is 65.1 Å². The molecule has 0 bridgehead atoms. The average molecular weight is 286 g/mol. The highest BCUT2D eigenvalue weighted by Gasteiger charge is 2.28. The second-order valence-corrected chi connectivity index (χ2v) is 6.10. The quantitative estimate of drug-likeness (QED) is 0.808. The lowest BCUT2D eigenvalue weighted by molar-refractivity contribution is 0.00466. The van der Waals surface area contributed by atoms with Crippen molar-refractivity contribution in [1.82, 2.24) is 10.3 Å². The molecule has 1 aliphatic carbocycles. The van der Waals surface area contributed by atoms with Crippen molar-refractivity contribution in [2.45, 2.75) is 44.2 Å². The number of H-pyrrole nitrogens is 1. The SMILES string of the molecule is O=c1[nH]c2ccccc2cc1CNCC1(O)CCCCC1. The average Bonchev–Trinajstić information content (AvgIpc) is 2.48. The molecule has 1 aromatic carbocycles. The van der Waals surface area contributed by atoms with E-state index in [-0.39, 0.29) is 5.56 Å². The van der Waals surface area contributed by atoms with Crippen molar-refractivity contribution < 1.29 is 5.11 Å². The Bertz CT molecular complexity index is 672. The summed E-state index contributed by atoms with van der Waals surface area (Å²) in [5.74, 6) is 0. The van der Waals surface area contributed by atoms with E-state index in [1.165, 1.54) is 6.42 Å². The van der Waals surface area contributed by atoms with Gasteiger partial charge in [-0.3, -0.25) is 4.79 Å². The summed E-state index contributed by atoms with van der Waals surface area (Å²) in [5, 5.41) is 14.7. The fourth-order valence-electron chi connectivity index (χ4n) is 3.14. The largest absolute Gasteiger partial charge is 0.389 e. The highest BCUT2D eigenvalue weighted by Crippen LogP contribution is 2.27. The summed E-state index contributed by atoms with van der Waals surface area (Å²) in [4.78, 5) is 14.9. The Labute approximate surface area is 124 Å². The number of aliphatic hydroxyl groups is 1. The molecule has 0 radical (unpaired) electrons. The van der Waals surface area contributed by atoms with Crippen LogP contribution < -0.4 is 10.9 Å². The normalized spacial score (nSPS) is 18.0. The summed E-state index contributed by atoms with van der Waals surface area (Å²) < 4.78 is 0. The molecular formula is C17H22N2O2. The zero-order valence-corrected chi connectivity index (χ0v) is 12.2. The molecule has 4 heteroatoms. The van der Waals surface area contributed by atoms with Gasteiger partial charge in [-0.1, -0.05) is 37.5 Å². The van der Waals surface area contributed by atoms with Crippen LogP contribution in [0.25, 0.3) is 10.9 Å². The van der Waals surface area contributed by atoms with Crippen LogP contribution >= 0.6 is 0 Å². The maximum atomic E-state index is 12.0. The van der Waals surface area contributed by atoms with E-state index in [0.717, 1.165) is 36.6 Å². The van der Waals surface area contributed by atoms with Crippen molar-refractivity contribution in [3.63, 3.8) is 0 Å². The van der Waals surface area contributed by atoms with Gasteiger partial charge < -0.3 is 15.4 Å². The minimum absolute atomic E-state index is 0.0585. The van der Waals surface area contributed by atoms with Gasteiger partial charge in [0.1, 0.15) is 0 Å². The third-order valence-corrected chi connectivity index (χ3v) is 4.38. The Hall–Kier alpha value is -1.65. The van der Waals surface area contributed by atoms with Crippen LogP contribution in [0.1, 0.15) is 37.7 Å². The molecule has 0 spiro atoms. The van der Waals surface area contributed by atoms with Crippen molar-refractivity contribution in [2.24, 2.45) is 0 Å². The molecule has 2 aromatic rings. The zero-order chi connectivity index (χ0) is 14.7. The van der Waals surface area contributed by atoms with E-state index in [1.54, 1.807) is 0 Å². The Kier molecular flexibility index (Phi) is 4.08. The molecule has 0 saturated heterocycles. The third kappa shape index (κ3) is 3.34. The predicted molar refractivity (Wildman–Crippen MR) is 84.3 cm³/mol. The van der Waals surface area contributed by atoms with E-state index in [4.69, 9.17) is 0 Å². The maximum absolute atomic E-state index is 12.0. The molecule has 1 heterocycles. The number of para-hydroxylation sites is 1. The fraction of sp³-hybridized carbons (Fsp3) is 0.471. The molecule has 0 atom stereocenters. The van der Waals surface area contributed by atoms with Gasteiger partial charge in [0.05, 0.1) is 5.60 Å². The first kappa shape index (κ1) is 14.3. The number of aromatic nitrogens is 1. The smallest absolute Gasteiger partial charge is 0.252 e. The summed E-state index contributed by atoms with van der Waals surface area (Å²) in [7, 11) is 0. The Morgan fingerprint density at radius 1 is 1.19 bits per heavy atom. The Balaban J connectivity index is 1.67.